The number of aromatic nitrogens is 4. The predicted octanol–water partition coefficient (Wildman–Crippen LogP) is 8.71. The number of fused-ring (bicyclic) bond motifs is 1. The van der Waals surface area contributed by atoms with Crippen LogP contribution in [0.2, 0.25) is 0 Å². The monoisotopic (exact) mass is 1090 g/mol. The molecule has 12 atom stereocenters. The fourth-order valence-corrected chi connectivity index (χ4v) is 10.8. The quantitative estimate of drug-likeness (QED) is 0.0717. The second kappa shape index (κ2) is 28.8. The maximum Gasteiger partial charge on any atom is 0.308 e. The van der Waals surface area contributed by atoms with E-state index >= 15 is 0 Å². The zero-order valence-electron chi connectivity index (χ0n) is 45.3. The minimum atomic E-state index is -1.27. The average molecular weight is 1090 g/mol. The van der Waals surface area contributed by atoms with Crippen LogP contribution in [0.3, 0.4) is 0 Å². The lowest BCUT2D eigenvalue weighted by atomic mass is 9.79. The van der Waals surface area contributed by atoms with Crippen molar-refractivity contribution in [2.24, 2.45) is 23.7 Å². The number of unbranched alkanes of at least 4 members (excludes halogenated alkanes) is 2. The molecule has 0 bridgehead atoms. The first-order valence-corrected chi connectivity index (χ1v) is 27.8. The largest absolute Gasteiger partial charge is 0.462 e. The SMILES string of the molecule is CCCCN(CCCC)C[C@H]1/C=C(C)/C=C/C(=O)[C@H](C)C[C@H](CCN(Cc2ccc(Br)cc2)Cc2cn(-c3cnc4ccccc4c3)nn2)[C@H](O[C@@H]2O[C@H](C)[C@@H](O)[C@H](N(C)C)[C@H]2O)[C@@H](C)[C@H](O)CC(=O)O[C@@H]1CC. The van der Waals surface area contributed by atoms with Crippen molar-refractivity contribution < 1.29 is 39.1 Å². The lowest BCUT2D eigenvalue weighted by molar-refractivity contribution is -0.304. The Balaban J connectivity index is 1.36. The zero-order valence-corrected chi connectivity index (χ0v) is 46.9. The van der Waals surface area contributed by atoms with Gasteiger partial charge in [0.25, 0.3) is 0 Å². The molecule has 74 heavy (non-hydrogen) atoms. The molecule has 15 nitrogen and oxygen atoms in total. The summed E-state index contributed by atoms with van der Waals surface area (Å²) in [6.45, 7) is 18.0. The molecule has 6 rings (SSSR count). The Morgan fingerprint density at radius 3 is 2.30 bits per heavy atom. The number of carbonyl (C=O) groups is 2. The molecule has 406 valence electrons. The number of aliphatic hydroxyl groups is 3. The molecule has 2 aliphatic rings. The van der Waals surface area contributed by atoms with E-state index in [0.29, 0.717) is 45.4 Å². The summed E-state index contributed by atoms with van der Waals surface area (Å²) in [4.78, 5) is 39.7. The molecule has 1 saturated heterocycles. The van der Waals surface area contributed by atoms with E-state index in [2.05, 4.69) is 73.1 Å². The molecule has 0 aliphatic carbocycles. The number of halogens is 1. The van der Waals surface area contributed by atoms with Crippen molar-refractivity contribution in [2.75, 3.05) is 40.3 Å². The number of ketones is 1. The van der Waals surface area contributed by atoms with Gasteiger partial charge >= 0.3 is 5.97 Å². The minimum absolute atomic E-state index is 0.0470. The van der Waals surface area contributed by atoms with Crippen LogP contribution in [0.25, 0.3) is 16.6 Å². The average Bonchev–Trinajstić information content (AvgIpc) is 3.85. The van der Waals surface area contributed by atoms with Crippen molar-refractivity contribution in [3.63, 3.8) is 0 Å². The highest BCUT2D eigenvalue weighted by atomic mass is 79.9. The fraction of sp³-hybridized carbons (Fsp3) is 0.603. The molecule has 2 aromatic carbocycles. The van der Waals surface area contributed by atoms with Crippen LogP contribution in [0, 0.1) is 23.7 Å². The number of benzene rings is 2. The van der Waals surface area contributed by atoms with E-state index in [4.69, 9.17) is 14.2 Å². The van der Waals surface area contributed by atoms with Gasteiger partial charge in [-0.05, 0) is 122 Å². The summed E-state index contributed by atoms with van der Waals surface area (Å²) in [7, 11) is 3.58. The van der Waals surface area contributed by atoms with Gasteiger partial charge in [-0.2, -0.15) is 0 Å². The number of likely N-dealkylation sites (N-methyl/N-ethyl adjacent to an activating group) is 1. The molecule has 4 heterocycles. The topological polar surface area (TPSA) is 176 Å². The van der Waals surface area contributed by atoms with Gasteiger partial charge < -0.3 is 39.3 Å². The van der Waals surface area contributed by atoms with Crippen LogP contribution in [0.4, 0.5) is 0 Å². The van der Waals surface area contributed by atoms with E-state index in [1.165, 1.54) is 0 Å². The van der Waals surface area contributed by atoms with Crippen LogP contribution in [0.1, 0.15) is 111 Å². The van der Waals surface area contributed by atoms with Gasteiger partial charge in [-0.15, -0.1) is 5.10 Å². The van der Waals surface area contributed by atoms with Crippen molar-refractivity contribution in [1.82, 2.24) is 34.7 Å². The number of cyclic esters (lactones) is 1. The third-order valence-electron chi connectivity index (χ3n) is 15.0. The summed E-state index contributed by atoms with van der Waals surface area (Å²) >= 11 is 3.59. The van der Waals surface area contributed by atoms with Crippen LogP contribution in [0.5, 0.6) is 0 Å². The van der Waals surface area contributed by atoms with Crippen LogP contribution in [-0.2, 0) is 36.9 Å². The fourth-order valence-electron chi connectivity index (χ4n) is 10.5. The number of hydrogen-bond acceptors (Lipinski definition) is 14. The molecule has 2 aromatic heterocycles. The number of para-hydroxylation sites is 1. The Hall–Kier alpha value is -4.23. The maximum absolute atomic E-state index is 14.4. The second-order valence-electron chi connectivity index (χ2n) is 21.2. The number of ether oxygens (including phenoxy) is 3. The molecule has 3 N–H and O–H groups in total. The van der Waals surface area contributed by atoms with Gasteiger partial charge in [0.05, 0.1) is 66.2 Å². The minimum Gasteiger partial charge on any atom is -0.462 e. The van der Waals surface area contributed by atoms with Gasteiger partial charge in [-0.3, -0.25) is 19.5 Å². The van der Waals surface area contributed by atoms with Crippen LogP contribution >= 0.6 is 15.9 Å². The Bertz CT molecular complexity index is 2430. The van der Waals surface area contributed by atoms with E-state index < -0.39 is 72.7 Å². The lowest BCUT2D eigenvalue weighted by Crippen LogP contribution is -2.63. The standard InChI is InChI=1S/C58H84BrN7O8/c1-10-13-26-64(27-14-11-2)35-45-29-38(4)19-24-50(67)39(5)30-44(57(40(6)51(68)32-53(69)73-52(45)12-3)74-58-56(71)54(63(8)9)55(70)41(7)72-58)25-28-65(34-42-20-22-46(59)23-21-42)36-47-37-66(62-61-47)48-31-43-17-15-16-18-49(43)60-33-48/h15-24,29,31,33,37,39-41,44-45,51-52,54-58,68,70-71H,10-14,25-28,30,32,34-36H2,1-9H3/b24-19+,38-29+/t39-,40+,41-,44+,45-,51-,52-,54+,55-,56-,57-,58+/m1/s1. The maximum atomic E-state index is 14.4. The number of esters is 1. The third-order valence-corrected chi connectivity index (χ3v) is 15.5. The number of nitrogens with zero attached hydrogens (tertiary/aromatic N) is 7. The van der Waals surface area contributed by atoms with E-state index in [1.807, 2.05) is 82.4 Å². The van der Waals surface area contributed by atoms with E-state index in [-0.39, 0.29) is 18.1 Å². The number of pyridine rings is 1. The Morgan fingerprint density at radius 2 is 1.61 bits per heavy atom. The Morgan fingerprint density at radius 1 is 0.892 bits per heavy atom. The van der Waals surface area contributed by atoms with Crippen molar-refractivity contribution in [2.45, 2.75) is 162 Å². The Labute approximate surface area is 448 Å². The number of hydrogen-bond donors (Lipinski definition) is 3. The first-order valence-electron chi connectivity index (χ1n) is 27.0. The summed E-state index contributed by atoms with van der Waals surface area (Å²) in [5, 5.41) is 45.5. The number of carbonyl (C=O) groups excluding carboxylic acids is 2. The zero-order chi connectivity index (χ0) is 53.5. The van der Waals surface area contributed by atoms with Crippen molar-refractivity contribution >= 4 is 38.6 Å². The first-order chi connectivity index (χ1) is 35.5. The van der Waals surface area contributed by atoms with Crippen molar-refractivity contribution in [1.29, 1.82) is 0 Å². The molecular formula is C58H84BrN7O8. The highest BCUT2D eigenvalue weighted by Gasteiger charge is 2.47. The highest BCUT2D eigenvalue weighted by molar-refractivity contribution is 9.10. The van der Waals surface area contributed by atoms with E-state index in [1.54, 1.807) is 42.9 Å². The van der Waals surface area contributed by atoms with Crippen LogP contribution < -0.4 is 0 Å². The smallest absolute Gasteiger partial charge is 0.308 e. The van der Waals surface area contributed by atoms with E-state index in [9.17, 15) is 24.9 Å². The van der Waals surface area contributed by atoms with Gasteiger partial charge in [-0.25, -0.2) is 4.68 Å². The van der Waals surface area contributed by atoms with Crippen LogP contribution in [-0.4, -0.2) is 151 Å². The normalized spacial score (nSPS) is 28.9. The summed E-state index contributed by atoms with van der Waals surface area (Å²) in [5.41, 5.74) is 4.40. The molecule has 2 aliphatic heterocycles. The van der Waals surface area contributed by atoms with Crippen molar-refractivity contribution in [3.8, 4) is 5.69 Å². The molecule has 0 unspecified atom stereocenters. The van der Waals surface area contributed by atoms with Gasteiger partial charge in [0.15, 0.2) is 12.1 Å². The third kappa shape index (κ3) is 16.6. The summed E-state index contributed by atoms with van der Waals surface area (Å²) in [5.74, 6) is -2.30. The highest BCUT2D eigenvalue weighted by Crippen LogP contribution is 2.35. The molecule has 16 heteroatoms. The number of allylic oxidation sites excluding steroid dienone is 3. The van der Waals surface area contributed by atoms with Gasteiger partial charge in [0.2, 0.25) is 0 Å². The molecule has 0 saturated carbocycles. The Kier molecular flexibility index (Phi) is 22.9. The molecule has 4 aromatic rings. The molecule has 0 radical (unpaired) electrons. The van der Waals surface area contributed by atoms with E-state index in [0.717, 1.165) is 76.7 Å². The first kappa shape index (κ1) is 59.0. The van der Waals surface area contributed by atoms with Gasteiger partial charge in [0, 0.05) is 47.2 Å². The summed E-state index contributed by atoms with van der Waals surface area (Å²) in [6.07, 6.45) is 8.07. The van der Waals surface area contributed by atoms with Crippen LogP contribution in [0.15, 0.2) is 95.3 Å². The molecule has 0 spiro atoms. The predicted molar refractivity (Wildman–Crippen MR) is 293 cm³/mol. The molecular weight excluding hydrogens is 1000 g/mol. The lowest BCUT2D eigenvalue weighted by Gasteiger charge is -2.46. The summed E-state index contributed by atoms with van der Waals surface area (Å²) < 4.78 is 22.3. The van der Waals surface area contributed by atoms with Gasteiger partial charge in [-0.1, -0.05) is 117 Å². The van der Waals surface area contributed by atoms with Gasteiger partial charge in [0.1, 0.15) is 12.2 Å². The second-order valence-corrected chi connectivity index (χ2v) is 22.1. The molecule has 0 amide bonds. The molecule has 1 fully saturated rings. The number of rotatable bonds is 20. The number of aliphatic hydroxyl groups excluding tert-OH is 3. The van der Waals surface area contributed by atoms with Crippen molar-refractivity contribution in [3.05, 3.63) is 107 Å². The summed E-state index contributed by atoms with van der Waals surface area (Å²) in [6, 6.07) is 17.4.